The minimum absolute atomic E-state index is 0.193. The smallest absolute Gasteiger partial charge is 0.255 e. The van der Waals surface area contributed by atoms with Crippen LogP contribution in [0.3, 0.4) is 0 Å². The van der Waals surface area contributed by atoms with Gasteiger partial charge in [-0.05, 0) is 24.3 Å². The summed E-state index contributed by atoms with van der Waals surface area (Å²) in [7, 11) is 0. The van der Waals surface area contributed by atoms with Crippen molar-refractivity contribution in [2.45, 2.75) is 0 Å². The van der Waals surface area contributed by atoms with E-state index in [1.807, 2.05) is 0 Å². The summed E-state index contributed by atoms with van der Waals surface area (Å²) in [5.74, 6) is -4.35. The number of nitrogens with one attached hydrogen (secondary N) is 1. The lowest BCUT2D eigenvalue weighted by atomic mass is 10.2. The Labute approximate surface area is 106 Å². The van der Waals surface area contributed by atoms with E-state index in [9.17, 15) is 18.0 Å². The van der Waals surface area contributed by atoms with Crippen molar-refractivity contribution in [2.24, 2.45) is 0 Å². The predicted molar refractivity (Wildman–Crippen MR) is 65.1 cm³/mol. The van der Waals surface area contributed by atoms with Gasteiger partial charge in [0.25, 0.3) is 5.91 Å². The maximum Gasteiger partial charge on any atom is 0.255 e. The first-order valence-electron chi connectivity index (χ1n) is 5.29. The molecule has 1 amide bonds. The molecule has 0 atom stereocenters. The van der Waals surface area contributed by atoms with Crippen molar-refractivity contribution < 1.29 is 18.0 Å². The van der Waals surface area contributed by atoms with E-state index in [1.165, 1.54) is 24.3 Å². The van der Waals surface area contributed by atoms with Gasteiger partial charge in [0.15, 0.2) is 11.6 Å². The molecule has 2 rings (SSSR count). The molecule has 0 unspecified atom stereocenters. The van der Waals surface area contributed by atoms with Crippen molar-refractivity contribution >= 4 is 17.3 Å². The summed E-state index contributed by atoms with van der Waals surface area (Å²) in [6.07, 6.45) is 0. The second-order valence-corrected chi connectivity index (χ2v) is 3.83. The summed E-state index contributed by atoms with van der Waals surface area (Å²) >= 11 is 0. The van der Waals surface area contributed by atoms with Crippen molar-refractivity contribution in [1.82, 2.24) is 0 Å². The monoisotopic (exact) mass is 266 g/mol. The van der Waals surface area contributed by atoms with Gasteiger partial charge in [-0.15, -0.1) is 0 Å². The lowest BCUT2D eigenvalue weighted by molar-refractivity contribution is 0.102. The van der Waals surface area contributed by atoms with Gasteiger partial charge in [-0.25, -0.2) is 13.2 Å². The molecule has 0 saturated carbocycles. The molecular formula is C13H9F3N2O. The quantitative estimate of drug-likeness (QED) is 0.648. The largest absolute Gasteiger partial charge is 0.399 e. The van der Waals surface area contributed by atoms with E-state index in [2.05, 4.69) is 5.32 Å². The Morgan fingerprint density at radius 2 is 1.68 bits per heavy atom. The van der Waals surface area contributed by atoms with Gasteiger partial charge >= 0.3 is 0 Å². The Morgan fingerprint density at radius 3 is 2.32 bits per heavy atom. The number of benzene rings is 2. The van der Waals surface area contributed by atoms with Crippen LogP contribution in [-0.4, -0.2) is 5.91 Å². The number of carbonyl (C=O) groups excluding carboxylic acids is 1. The van der Waals surface area contributed by atoms with Crippen molar-refractivity contribution in [2.75, 3.05) is 11.1 Å². The van der Waals surface area contributed by atoms with E-state index in [0.717, 1.165) is 0 Å². The van der Waals surface area contributed by atoms with Crippen LogP contribution in [0.2, 0.25) is 0 Å². The second kappa shape index (κ2) is 5.01. The molecule has 2 aromatic rings. The van der Waals surface area contributed by atoms with Crippen LogP contribution in [0.15, 0.2) is 36.4 Å². The van der Waals surface area contributed by atoms with Crippen LogP contribution in [0.25, 0.3) is 0 Å². The third-order valence-electron chi connectivity index (χ3n) is 2.41. The number of hydrogen-bond donors (Lipinski definition) is 2. The minimum atomic E-state index is -1.37. The molecule has 0 radical (unpaired) electrons. The van der Waals surface area contributed by atoms with E-state index in [4.69, 9.17) is 5.73 Å². The standard InChI is InChI=1S/C13H9F3N2O/c14-8-5-10(15)12(16)11(6-8)18-13(19)7-1-3-9(17)4-2-7/h1-6H,17H2,(H,18,19). The summed E-state index contributed by atoms with van der Waals surface area (Å²) in [5, 5.41) is 2.09. The topological polar surface area (TPSA) is 55.1 Å². The van der Waals surface area contributed by atoms with Crippen LogP contribution in [0.4, 0.5) is 24.5 Å². The number of anilines is 2. The van der Waals surface area contributed by atoms with Gasteiger partial charge in [0.05, 0.1) is 5.69 Å². The van der Waals surface area contributed by atoms with Crippen LogP contribution >= 0.6 is 0 Å². The van der Waals surface area contributed by atoms with Crippen molar-refractivity contribution in [3.05, 3.63) is 59.4 Å². The lowest BCUT2D eigenvalue weighted by Gasteiger charge is -2.07. The van der Waals surface area contributed by atoms with Crippen LogP contribution < -0.4 is 11.1 Å². The van der Waals surface area contributed by atoms with Crippen molar-refractivity contribution in [3.8, 4) is 0 Å². The summed E-state index contributed by atoms with van der Waals surface area (Å²) in [4.78, 5) is 11.7. The zero-order valence-corrected chi connectivity index (χ0v) is 9.58. The number of nitrogens with two attached hydrogens (primary N) is 1. The van der Waals surface area contributed by atoms with Gasteiger partial charge in [0.2, 0.25) is 0 Å². The number of amides is 1. The first-order valence-corrected chi connectivity index (χ1v) is 5.29. The average Bonchev–Trinajstić information content (AvgIpc) is 2.36. The van der Waals surface area contributed by atoms with Gasteiger partial charge < -0.3 is 11.1 Å². The fourth-order valence-electron chi connectivity index (χ4n) is 1.48. The molecule has 0 aliphatic carbocycles. The molecule has 0 saturated heterocycles. The highest BCUT2D eigenvalue weighted by Crippen LogP contribution is 2.20. The number of nitrogen functional groups attached to an aromatic ring is 1. The lowest BCUT2D eigenvalue weighted by Crippen LogP contribution is -2.13. The van der Waals surface area contributed by atoms with Crippen molar-refractivity contribution in [1.29, 1.82) is 0 Å². The molecule has 19 heavy (non-hydrogen) atoms. The second-order valence-electron chi connectivity index (χ2n) is 3.83. The highest BCUT2D eigenvalue weighted by Gasteiger charge is 2.14. The van der Waals surface area contributed by atoms with Crippen molar-refractivity contribution in [3.63, 3.8) is 0 Å². The molecule has 0 heterocycles. The van der Waals surface area contributed by atoms with Gasteiger partial charge in [-0.1, -0.05) is 0 Å². The van der Waals surface area contributed by atoms with E-state index in [-0.39, 0.29) is 5.56 Å². The fraction of sp³-hybridized carbons (Fsp3) is 0. The Balaban J connectivity index is 2.26. The minimum Gasteiger partial charge on any atom is -0.399 e. The molecule has 0 aromatic heterocycles. The molecule has 3 N–H and O–H groups in total. The summed E-state index contributed by atoms with van der Waals surface area (Å²) in [6.45, 7) is 0. The molecular weight excluding hydrogens is 257 g/mol. The molecule has 0 aliphatic heterocycles. The first kappa shape index (κ1) is 12.9. The Bertz CT molecular complexity index is 627. The maximum absolute atomic E-state index is 13.3. The molecule has 0 bridgehead atoms. The highest BCUT2D eigenvalue weighted by molar-refractivity contribution is 6.04. The zero-order chi connectivity index (χ0) is 14.0. The van der Waals surface area contributed by atoms with Crippen LogP contribution in [-0.2, 0) is 0 Å². The highest BCUT2D eigenvalue weighted by atomic mass is 19.2. The third kappa shape index (κ3) is 2.85. The van der Waals surface area contributed by atoms with Gasteiger partial charge in [0.1, 0.15) is 5.82 Å². The number of carbonyl (C=O) groups is 1. The SMILES string of the molecule is Nc1ccc(C(=O)Nc2cc(F)cc(F)c2F)cc1. The maximum atomic E-state index is 13.3. The van der Waals surface area contributed by atoms with Gasteiger partial charge in [-0.3, -0.25) is 4.79 Å². The normalized spacial score (nSPS) is 10.3. The number of halogens is 3. The zero-order valence-electron chi connectivity index (χ0n) is 9.58. The molecule has 0 spiro atoms. The van der Waals surface area contributed by atoms with E-state index >= 15 is 0 Å². The summed E-state index contributed by atoms with van der Waals surface area (Å²) in [5.41, 5.74) is 5.55. The van der Waals surface area contributed by atoms with E-state index in [1.54, 1.807) is 0 Å². The molecule has 98 valence electrons. The molecule has 2 aromatic carbocycles. The fourth-order valence-corrected chi connectivity index (χ4v) is 1.48. The van der Waals surface area contributed by atoms with E-state index in [0.29, 0.717) is 17.8 Å². The van der Waals surface area contributed by atoms with Crippen LogP contribution in [0.5, 0.6) is 0 Å². The number of hydrogen-bond acceptors (Lipinski definition) is 2. The van der Waals surface area contributed by atoms with Gasteiger partial charge in [0, 0.05) is 23.4 Å². The third-order valence-corrected chi connectivity index (χ3v) is 2.41. The molecule has 0 aliphatic rings. The summed E-state index contributed by atoms with van der Waals surface area (Å²) < 4.78 is 39.2. The summed E-state index contributed by atoms with van der Waals surface area (Å²) in [6, 6.07) is 6.90. The first-order chi connectivity index (χ1) is 8.97. The van der Waals surface area contributed by atoms with Crippen LogP contribution in [0, 0.1) is 17.5 Å². The Morgan fingerprint density at radius 1 is 1.05 bits per heavy atom. The predicted octanol–water partition coefficient (Wildman–Crippen LogP) is 2.94. The molecule has 6 heteroatoms. The average molecular weight is 266 g/mol. The van der Waals surface area contributed by atoms with Crippen LogP contribution in [0.1, 0.15) is 10.4 Å². The molecule has 0 fully saturated rings. The van der Waals surface area contributed by atoms with E-state index < -0.39 is 29.0 Å². The Hall–Kier alpha value is -2.50. The molecule has 3 nitrogen and oxygen atoms in total. The van der Waals surface area contributed by atoms with Gasteiger partial charge in [-0.2, -0.15) is 0 Å². The number of rotatable bonds is 2. The Kier molecular flexibility index (Phi) is 3.41.